The van der Waals surface area contributed by atoms with Gasteiger partial charge in [-0.3, -0.25) is 13.7 Å². The highest BCUT2D eigenvalue weighted by Gasteiger charge is 2.20. The van der Waals surface area contributed by atoms with Gasteiger partial charge in [-0.05, 0) is 67.1 Å². The second kappa shape index (κ2) is 8.29. The maximum Gasteiger partial charge on any atom is 0.149 e. The molecule has 0 aliphatic carbocycles. The van der Waals surface area contributed by atoms with E-state index in [9.17, 15) is 0 Å². The number of fused-ring (bicyclic) bond motifs is 7. The SMILES string of the molecule is CN1CCC=C1n1ccc2ccc(-n3c4ccccc4c4ccc(-n5c6ccccc6c6cccnc65)nc43)nc21. The summed E-state index contributed by atoms with van der Waals surface area (Å²) in [5.74, 6) is 2.84. The predicted octanol–water partition coefficient (Wildman–Crippen LogP) is 7.15. The van der Waals surface area contributed by atoms with Crippen LogP contribution in [0.1, 0.15) is 6.42 Å². The van der Waals surface area contributed by atoms with Gasteiger partial charge in [0.25, 0.3) is 0 Å². The van der Waals surface area contributed by atoms with E-state index in [1.165, 1.54) is 5.82 Å². The molecule has 1 aliphatic rings. The maximum atomic E-state index is 5.33. The molecule has 0 N–H and O–H groups in total. The molecule has 0 spiro atoms. The van der Waals surface area contributed by atoms with Crippen molar-refractivity contribution in [2.75, 3.05) is 13.6 Å². The maximum absolute atomic E-state index is 5.33. The van der Waals surface area contributed by atoms with Crippen LogP contribution in [-0.2, 0) is 0 Å². The standard InChI is InChI=1S/C34H25N7/c1-38-20-7-13-31(38)39-21-18-22-14-16-29(36-32(22)39)41-28-12-5-3-9-24(28)26-15-17-30(37-34(26)41)40-27-11-4-2-8-23(27)25-10-6-19-35-33(25)40/h2-6,8-19,21H,7,20H2,1H3. The lowest BCUT2D eigenvalue weighted by Gasteiger charge is -2.17. The third kappa shape index (κ3) is 3.11. The van der Waals surface area contributed by atoms with E-state index in [-0.39, 0.29) is 0 Å². The molecule has 196 valence electrons. The molecule has 0 saturated carbocycles. The molecule has 7 heterocycles. The molecule has 2 aromatic carbocycles. The smallest absolute Gasteiger partial charge is 0.149 e. The van der Waals surface area contributed by atoms with E-state index in [0.29, 0.717) is 0 Å². The molecule has 0 fully saturated rings. The minimum atomic E-state index is 0.827. The number of benzene rings is 2. The first kappa shape index (κ1) is 22.4. The van der Waals surface area contributed by atoms with Crippen molar-refractivity contribution in [2.24, 2.45) is 0 Å². The van der Waals surface area contributed by atoms with Crippen molar-refractivity contribution in [2.45, 2.75) is 6.42 Å². The van der Waals surface area contributed by atoms with Crippen LogP contribution in [0.15, 0.2) is 109 Å². The second-order valence-electron chi connectivity index (χ2n) is 10.7. The highest BCUT2D eigenvalue weighted by atomic mass is 15.3. The van der Waals surface area contributed by atoms with Gasteiger partial charge in [-0.25, -0.2) is 15.0 Å². The van der Waals surface area contributed by atoms with Gasteiger partial charge in [0.15, 0.2) is 0 Å². The molecule has 6 aromatic heterocycles. The normalized spacial score (nSPS) is 13.9. The summed E-state index contributed by atoms with van der Waals surface area (Å²) < 4.78 is 6.55. The highest BCUT2D eigenvalue weighted by molar-refractivity contribution is 6.09. The Morgan fingerprint density at radius 1 is 0.610 bits per heavy atom. The van der Waals surface area contributed by atoms with Crippen LogP contribution >= 0.6 is 0 Å². The van der Waals surface area contributed by atoms with E-state index in [2.05, 4.69) is 123 Å². The van der Waals surface area contributed by atoms with Crippen molar-refractivity contribution >= 4 is 60.7 Å². The zero-order chi connectivity index (χ0) is 27.1. The van der Waals surface area contributed by atoms with Crippen LogP contribution in [0.2, 0.25) is 0 Å². The Bertz CT molecular complexity index is 2300. The molecular weight excluding hydrogens is 506 g/mol. The topological polar surface area (TPSA) is 56.7 Å². The molecule has 0 bridgehead atoms. The summed E-state index contributed by atoms with van der Waals surface area (Å²) >= 11 is 0. The summed E-state index contributed by atoms with van der Waals surface area (Å²) in [6, 6.07) is 31.7. The van der Waals surface area contributed by atoms with E-state index >= 15 is 0 Å². The van der Waals surface area contributed by atoms with Gasteiger partial charge in [0.1, 0.15) is 34.4 Å². The highest BCUT2D eigenvalue weighted by Crippen LogP contribution is 2.35. The number of hydrogen-bond acceptors (Lipinski definition) is 4. The molecule has 1 aliphatic heterocycles. The average Bonchev–Trinajstić information content (AvgIpc) is 3.78. The van der Waals surface area contributed by atoms with Gasteiger partial charge in [-0.2, -0.15) is 0 Å². The molecule has 0 atom stereocenters. The summed E-state index contributed by atoms with van der Waals surface area (Å²) in [6.07, 6.45) is 7.29. The quantitative estimate of drug-likeness (QED) is 0.243. The molecule has 0 amide bonds. The van der Waals surface area contributed by atoms with Gasteiger partial charge in [0.05, 0.1) is 11.0 Å². The first-order chi connectivity index (χ1) is 20.3. The van der Waals surface area contributed by atoms with Crippen molar-refractivity contribution in [3.63, 3.8) is 0 Å². The van der Waals surface area contributed by atoms with Crippen LogP contribution in [0.3, 0.4) is 0 Å². The molecule has 0 radical (unpaired) electrons. The van der Waals surface area contributed by atoms with Crippen molar-refractivity contribution in [3.8, 4) is 11.6 Å². The van der Waals surface area contributed by atoms with Gasteiger partial charge in [-0.15, -0.1) is 0 Å². The number of para-hydroxylation sites is 2. The number of nitrogens with zero attached hydrogens (tertiary/aromatic N) is 7. The third-order valence-corrected chi connectivity index (χ3v) is 8.35. The summed E-state index contributed by atoms with van der Waals surface area (Å²) in [5, 5.41) is 5.63. The van der Waals surface area contributed by atoms with Gasteiger partial charge in [-0.1, -0.05) is 36.4 Å². The van der Waals surface area contributed by atoms with Gasteiger partial charge < -0.3 is 4.90 Å². The van der Waals surface area contributed by atoms with E-state index in [0.717, 1.165) is 79.5 Å². The Labute approximate surface area is 235 Å². The minimum absolute atomic E-state index is 0.827. The first-order valence-electron chi connectivity index (χ1n) is 13.9. The number of rotatable bonds is 3. The lowest BCUT2D eigenvalue weighted by molar-refractivity contribution is 0.496. The van der Waals surface area contributed by atoms with Crippen LogP contribution in [-0.4, -0.2) is 47.1 Å². The van der Waals surface area contributed by atoms with Crippen LogP contribution in [0, 0.1) is 0 Å². The average molecular weight is 532 g/mol. The molecule has 0 unspecified atom stereocenters. The summed E-state index contributed by atoms with van der Waals surface area (Å²) in [5.41, 5.74) is 4.87. The summed E-state index contributed by atoms with van der Waals surface area (Å²) in [4.78, 5) is 17.6. The van der Waals surface area contributed by atoms with Crippen LogP contribution < -0.4 is 0 Å². The monoisotopic (exact) mass is 531 g/mol. The second-order valence-corrected chi connectivity index (χ2v) is 10.7. The molecule has 0 saturated heterocycles. The molecule has 8 aromatic rings. The van der Waals surface area contributed by atoms with Gasteiger partial charge >= 0.3 is 0 Å². The molecule has 7 nitrogen and oxygen atoms in total. The Balaban J connectivity index is 1.33. The fourth-order valence-electron chi connectivity index (χ4n) is 6.46. The summed E-state index contributed by atoms with van der Waals surface area (Å²) in [6.45, 7) is 1.02. The third-order valence-electron chi connectivity index (χ3n) is 8.35. The van der Waals surface area contributed by atoms with E-state index in [1.54, 1.807) is 0 Å². The Hall–Kier alpha value is -5.43. The largest absolute Gasteiger partial charge is 0.361 e. The van der Waals surface area contributed by atoms with Gasteiger partial charge in [0, 0.05) is 52.9 Å². The number of hydrogen-bond donors (Lipinski definition) is 0. The minimum Gasteiger partial charge on any atom is -0.361 e. The van der Waals surface area contributed by atoms with E-state index < -0.39 is 0 Å². The Morgan fingerprint density at radius 3 is 2.02 bits per heavy atom. The molecular formula is C34H25N7. The predicted molar refractivity (Wildman–Crippen MR) is 166 cm³/mol. The van der Waals surface area contributed by atoms with Crippen molar-refractivity contribution in [1.82, 2.24) is 33.6 Å². The molecule has 9 rings (SSSR count). The van der Waals surface area contributed by atoms with Crippen molar-refractivity contribution in [1.29, 1.82) is 0 Å². The van der Waals surface area contributed by atoms with Crippen LogP contribution in [0.25, 0.3) is 72.4 Å². The lowest BCUT2D eigenvalue weighted by atomic mass is 10.2. The Kier molecular flexibility index (Phi) is 4.53. The van der Waals surface area contributed by atoms with Crippen LogP contribution in [0.4, 0.5) is 0 Å². The lowest BCUT2D eigenvalue weighted by Crippen LogP contribution is -2.16. The molecule has 41 heavy (non-hydrogen) atoms. The molecule has 7 heteroatoms. The van der Waals surface area contributed by atoms with E-state index in [4.69, 9.17) is 15.0 Å². The van der Waals surface area contributed by atoms with Crippen LogP contribution in [0.5, 0.6) is 0 Å². The first-order valence-corrected chi connectivity index (χ1v) is 13.9. The van der Waals surface area contributed by atoms with Crippen molar-refractivity contribution in [3.05, 3.63) is 109 Å². The van der Waals surface area contributed by atoms with Crippen molar-refractivity contribution < 1.29 is 0 Å². The fourth-order valence-corrected chi connectivity index (χ4v) is 6.46. The summed E-state index contributed by atoms with van der Waals surface area (Å²) in [7, 11) is 2.14. The number of aromatic nitrogens is 6. The fraction of sp³-hybridized carbons (Fsp3) is 0.0882. The zero-order valence-corrected chi connectivity index (χ0v) is 22.4. The Morgan fingerprint density at radius 2 is 1.27 bits per heavy atom. The van der Waals surface area contributed by atoms with Gasteiger partial charge in [0.2, 0.25) is 0 Å². The zero-order valence-electron chi connectivity index (χ0n) is 22.4. The van der Waals surface area contributed by atoms with E-state index in [1.807, 2.05) is 12.3 Å². The number of pyridine rings is 3.